The molecule has 0 N–H and O–H groups in total. The molecule has 4 bridgehead atoms. The molecule has 5 aliphatic rings. The Morgan fingerprint density at radius 1 is 0.561 bits per heavy atom. The summed E-state index contributed by atoms with van der Waals surface area (Å²) in [6.45, 7) is 4.88. The minimum absolute atomic E-state index is 0.0824. The molecule has 4 fully saturated rings. The maximum absolute atomic E-state index is 5.25. The number of fused-ring (bicyclic) bond motifs is 3. The predicted octanol–water partition coefficient (Wildman–Crippen LogP) is 9.35. The third-order valence-electron chi connectivity index (χ3n) is 11.5. The second-order valence-corrected chi connectivity index (χ2v) is 13.9. The van der Waals surface area contributed by atoms with Crippen LogP contribution >= 0.6 is 0 Å². The molecule has 1 spiro atoms. The van der Waals surface area contributed by atoms with Crippen LogP contribution in [0.5, 0.6) is 0 Å². The fourth-order valence-corrected chi connectivity index (χ4v) is 10.1. The van der Waals surface area contributed by atoms with Crippen molar-refractivity contribution in [2.75, 3.05) is 0 Å². The van der Waals surface area contributed by atoms with Gasteiger partial charge in [-0.15, -0.1) is 0 Å². The van der Waals surface area contributed by atoms with Crippen LogP contribution in [0.25, 0.3) is 33.5 Å². The van der Waals surface area contributed by atoms with Crippen molar-refractivity contribution < 1.29 is 0 Å². The van der Waals surface area contributed by atoms with Crippen molar-refractivity contribution in [1.29, 1.82) is 0 Å². The molecule has 0 unspecified atom stereocenters. The maximum atomic E-state index is 5.25. The molecule has 0 radical (unpaired) electrons. The highest BCUT2D eigenvalue weighted by molar-refractivity contribution is 5.93. The molecular formula is C39H36N2. The van der Waals surface area contributed by atoms with E-state index < -0.39 is 0 Å². The van der Waals surface area contributed by atoms with E-state index >= 15 is 0 Å². The minimum Gasteiger partial charge on any atom is -0.228 e. The minimum atomic E-state index is -0.0824. The van der Waals surface area contributed by atoms with E-state index in [1.807, 2.05) is 0 Å². The van der Waals surface area contributed by atoms with Crippen molar-refractivity contribution in [2.24, 2.45) is 23.7 Å². The van der Waals surface area contributed by atoms with Crippen LogP contribution in [0.3, 0.4) is 0 Å². The van der Waals surface area contributed by atoms with Crippen LogP contribution in [-0.4, -0.2) is 9.97 Å². The van der Waals surface area contributed by atoms with E-state index in [9.17, 15) is 0 Å². The van der Waals surface area contributed by atoms with Crippen LogP contribution in [0, 0.1) is 23.7 Å². The van der Waals surface area contributed by atoms with Crippen LogP contribution < -0.4 is 0 Å². The van der Waals surface area contributed by atoms with Gasteiger partial charge in [0.2, 0.25) is 0 Å². The van der Waals surface area contributed by atoms with E-state index in [2.05, 4.69) is 111 Å². The monoisotopic (exact) mass is 532 g/mol. The zero-order valence-corrected chi connectivity index (χ0v) is 24.0. The average Bonchev–Trinajstić information content (AvgIpc) is 3.00. The molecule has 1 aromatic heterocycles. The number of rotatable bonds is 2. The van der Waals surface area contributed by atoms with Gasteiger partial charge in [-0.2, -0.15) is 0 Å². The number of nitrogens with zero attached hydrogens (tertiary/aromatic N) is 2. The fourth-order valence-electron chi connectivity index (χ4n) is 10.1. The van der Waals surface area contributed by atoms with Crippen molar-refractivity contribution in [3.8, 4) is 22.6 Å². The van der Waals surface area contributed by atoms with E-state index in [0.717, 1.165) is 57.2 Å². The Hall–Kier alpha value is -3.78. The molecule has 0 saturated heterocycles. The van der Waals surface area contributed by atoms with Crippen LogP contribution in [0.4, 0.5) is 0 Å². The molecule has 0 atom stereocenters. The third kappa shape index (κ3) is 3.19. The molecule has 0 amide bonds. The Bertz CT molecular complexity index is 1800. The van der Waals surface area contributed by atoms with Crippen molar-refractivity contribution in [3.05, 3.63) is 119 Å². The van der Waals surface area contributed by atoms with Crippen LogP contribution in [0.1, 0.15) is 68.2 Å². The molecule has 0 aliphatic heterocycles. The lowest BCUT2D eigenvalue weighted by Gasteiger charge is -2.64. The first-order valence-corrected chi connectivity index (χ1v) is 15.6. The summed E-state index contributed by atoms with van der Waals surface area (Å²) in [5.41, 5.74) is 10.6. The van der Waals surface area contributed by atoms with Crippen molar-refractivity contribution in [2.45, 2.75) is 56.8 Å². The summed E-state index contributed by atoms with van der Waals surface area (Å²) in [6.07, 6.45) is 7.08. The standard InChI is InChI=1S/C39H36N2/c1-38(2)31-13-7-8-14-32(31)39(28-19-24-18-25(21-28)22-29(39)20-24)33-17-16-27(23-34(33)38)37-40-35-15-9-6-12-30(35)36(41-37)26-10-4-3-5-11-26/h3-17,23-25,28-29H,18-22H2,1-2H3. The van der Waals surface area contributed by atoms with Gasteiger partial charge in [0, 0.05) is 27.3 Å². The number of hydrogen-bond acceptors (Lipinski definition) is 2. The van der Waals surface area contributed by atoms with Gasteiger partial charge in [-0.3, -0.25) is 0 Å². The summed E-state index contributed by atoms with van der Waals surface area (Å²) >= 11 is 0. The number of para-hydroxylation sites is 1. The van der Waals surface area contributed by atoms with Gasteiger partial charge >= 0.3 is 0 Å². The van der Waals surface area contributed by atoms with E-state index in [-0.39, 0.29) is 10.8 Å². The van der Waals surface area contributed by atoms with Gasteiger partial charge < -0.3 is 0 Å². The first-order chi connectivity index (χ1) is 20.0. The molecule has 2 nitrogen and oxygen atoms in total. The summed E-state index contributed by atoms with van der Waals surface area (Å²) in [6, 6.07) is 35.8. The lowest BCUT2D eigenvalue weighted by Crippen LogP contribution is -2.58. The normalized spacial score (nSPS) is 28.5. The zero-order valence-electron chi connectivity index (χ0n) is 24.0. The summed E-state index contributed by atoms with van der Waals surface area (Å²) in [7, 11) is 0. The van der Waals surface area contributed by atoms with Crippen LogP contribution in [-0.2, 0) is 10.8 Å². The largest absolute Gasteiger partial charge is 0.228 e. The van der Waals surface area contributed by atoms with Crippen LogP contribution in [0.15, 0.2) is 97.1 Å². The summed E-state index contributed by atoms with van der Waals surface area (Å²) in [5.74, 6) is 4.20. The molecule has 10 rings (SSSR count). The van der Waals surface area contributed by atoms with E-state index in [1.165, 1.54) is 43.2 Å². The van der Waals surface area contributed by atoms with Gasteiger partial charge in [0.15, 0.2) is 5.82 Å². The summed E-state index contributed by atoms with van der Waals surface area (Å²) in [5, 5.41) is 1.10. The Balaban J connectivity index is 1.28. The molecule has 5 aliphatic carbocycles. The maximum Gasteiger partial charge on any atom is 0.160 e. The molecule has 2 heteroatoms. The van der Waals surface area contributed by atoms with Crippen LogP contribution in [0.2, 0.25) is 0 Å². The quantitative estimate of drug-likeness (QED) is 0.226. The topological polar surface area (TPSA) is 25.8 Å². The average molecular weight is 533 g/mol. The summed E-state index contributed by atoms with van der Waals surface area (Å²) < 4.78 is 0. The molecule has 41 heavy (non-hydrogen) atoms. The Morgan fingerprint density at radius 2 is 1.20 bits per heavy atom. The van der Waals surface area contributed by atoms with Crippen molar-refractivity contribution >= 4 is 10.9 Å². The Morgan fingerprint density at radius 3 is 1.95 bits per heavy atom. The van der Waals surface area contributed by atoms with Crippen molar-refractivity contribution in [1.82, 2.24) is 9.97 Å². The van der Waals surface area contributed by atoms with E-state index in [0.29, 0.717) is 0 Å². The lowest BCUT2D eigenvalue weighted by molar-refractivity contribution is -0.0443. The first-order valence-electron chi connectivity index (χ1n) is 15.6. The van der Waals surface area contributed by atoms with Gasteiger partial charge in [-0.1, -0.05) is 98.8 Å². The molecular weight excluding hydrogens is 496 g/mol. The molecule has 4 saturated carbocycles. The van der Waals surface area contributed by atoms with E-state index in [1.54, 1.807) is 11.1 Å². The lowest BCUT2D eigenvalue weighted by atomic mass is 9.39. The zero-order chi connectivity index (χ0) is 27.3. The third-order valence-corrected chi connectivity index (χ3v) is 11.5. The smallest absolute Gasteiger partial charge is 0.160 e. The van der Waals surface area contributed by atoms with E-state index in [4.69, 9.17) is 9.97 Å². The van der Waals surface area contributed by atoms with Gasteiger partial charge in [-0.25, -0.2) is 9.97 Å². The highest BCUT2D eigenvalue weighted by Gasteiger charge is 2.62. The molecule has 1 heterocycles. The first kappa shape index (κ1) is 23.9. The Labute approximate surface area is 242 Å². The second kappa shape index (κ2) is 8.38. The summed E-state index contributed by atoms with van der Waals surface area (Å²) in [4.78, 5) is 10.4. The predicted molar refractivity (Wildman–Crippen MR) is 167 cm³/mol. The van der Waals surface area contributed by atoms with Crippen molar-refractivity contribution in [3.63, 3.8) is 0 Å². The molecule has 202 valence electrons. The molecule has 5 aromatic rings. The van der Waals surface area contributed by atoms with Gasteiger partial charge in [-0.05, 0) is 90.2 Å². The van der Waals surface area contributed by atoms with Gasteiger partial charge in [0.1, 0.15) is 0 Å². The van der Waals surface area contributed by atoms with Gasteiger partial charge in [0.25, 0.3) is 0 Å². The SMILES string of the molecule is CC1(C)c2ccccc2C2(c3ccc(-c4nc(-c5ccccc5)c5ccccc5n4)cc31)C1CC3CC(C1)CC2C3. The fraction of sp³-hybridized carbons (Fsp3) is 0.333. The van der Waals surface area contributed by atoms with Gasteiger partial charge in [0.05, 0.1) is 11.2 Å². The highest BCUT2D eigenvalue weighted by Crippen LogP contribution is 2.68. The number of benzene rings is 4. The number of aromatic nitrogens is 2. The highest BCUT2D eigenvalue weighted by atomic mass is 14.9. The second-order valence-electron chi connectivity index (χ2n) is 13.9. The molecule has 4 aromatic carbocycles. The Kier molecular flexibility index (Phi) is 4.88. The number of hydrogen-bond donors (Lipinski definition) is 0.